The number of methoxy groups -OCH3 is 2. The van der Waals surface area contributed by atoms with Gasteiger partial charge in [-0.15, -0.1) is 0 Å². The fourth-order valence-corrected chi connectivity index (χ4v) is 1.03. The molecule has 0 spiro atoms. The molecule has 0 saturated carbocycles. The number of nitrogens with one attached hydrogen (secondary N) is 2. The zero-order valence-corrected chi connectivity index (χ0v) is 10.3. The molecule has 1 rings (SSSR count). The minimum absolute atomic E-state index is 0.145. The Morgan fingerprint density at radius 3 is 2.32 bits per heavy atom. The van der Waals surface area contributed by atoms with Gasteiger partial charge in [0.1, 0.15) is 6.54 Å². The highest BCUT2D eigenvalue weighted by Crippen LogP contribution is 2.16. The summed E-state index contributed by atoms with van der Waals surface area (Å²) in [4.78, 5) is 30.3. The molecular formula is C10H11N5O4. The van der Waals surface area contributed by atoms with E-state index in [2.05, 4.69) is 20.6 Å². The van der Waals surface area contributed by atoms with Gasteiger partial charge in [0.15, 0.2) is 0 Å². The van der Waals surface area contributed by atoms with Crippen LogP contribution in [0.2, 0.25) is 0 Å². The van der Waals surface area contributed by atoms with Gasteiger partial charge in [0.2, 0.25) is 17.7 Å². The monoisotopic (exact) mass is 265 g/mol. The van der Waals surface area contributed by atoms with Gasteiger partial charge in [-0.3, -0.25) is 14.9 Å². The molecule has 0 saturated heterocycles. The molecule has 9 nitrogen and oxygen atoms in total. The van der Waals surface area contributed by atoms with Crippen molar-refractivity contribution in [3.63, 3.8) is 0 Å². The molecule has 0 unspecified atom stereocenters. The Morgan fingerprint density at radius 2 is 1.84 bits per heavy atom. The Labute approximate surface area is 108 Å². The van der Waals surface area contributed by atoms with Gasteiger partial charge >= 0.3 is 11.8 Å². The fourth-order valence-electron chi connectivity index (χ4n) is 1.03. The van der Waals surface area contributed by atoms with Crippen LogP contribution >= 0.6 is 0 Å². The van der Waals surface area contributed by atoms with Gasteiger partial charge in [0.05, 0.1) is 26.4 Å². The average molecular weight is 265 g/mol. The molecule has 100 valence electrons. The summed E-state index contributed by atoms with van der Waals surface area (Å²) < 4.78 is 9.76. The molecule has 0 aromatic carbocycles. The maximum absolute atomic E-state index is 11.4. The van der Waals surface area contributed by atoms with Crippen molar-refractivity contribution in [1.82, 2.24) is 15.3 Å². The van der Waals surface area contributed by atoms with Gasteiger partial charge in [-0.25, -0.2) is 0 Å². The van der Waals surface area contributed by atoms with E-state index in [9.17, 15) is 9.59 Å². The highest BCUT2D eigenvalue weighted by molar-refractivity contribution is 6.39. The molecule has 2 amide bonds. The summed E-state index contributed by atoms with van der Waals surface area (Å²) in [5, 5.41) is 12.5. The van der Waals surface area contributed by atoms with Crippen LogP contribution in [0.4, 0.5) is 5.95 Å². The van der Waals surface area contributed by atoms with Crippen LogP contribution in [-0.4, -0.2) is 42.5 Å². The first-order valence-corrected chi connectivity index (χ1v) is 5.04. The first kappa shape index (κ1) is 14.2. The molecule has 0 aliphatic carbocycles. The number of aromatic nitrogens is 2. The number of hydrogen-bond acceptors (Lipinski definition) is 7. The molecule has 2 N–H and O–H groups in total. The molecule has 1 heterocycles. The maximum atomic E-state index is 11.4. The Kier molecular flexibility index (Phi) is 5.04. The van der Waals surface area contributed by atoms with E-state index >= 15 is 0 Å². The Hall–Kier alpha value is -2.89. The Balaban J connectivity index is 2.78. The van der Waals surface area contributed by atoms with E-state index in [1.54, 1.807) is 6.07 Å². The normalized spacial score (nSPS) is 9.11. The lowest BCUT2D eigenvalue weighted by Crippen LogP contribution is -2.35. The van der Waals surface area contributed by atoms with Crippen molar-refractivity contribution in [2.24, 2.45) is 0 Å². The molecule has 0 atom stereocenters. The van der Waals surface area contributed by atoms with Crippen LogP contribution in [0.25, 0.3) is 0 Å². The third-order valence-corrected chi connectivity index (χ3v) is 1.86. The zero-order chi connectivity index (χ0) is 14.3. The van der Waals surface area contributed by atoms with Gasteiger partial charge in [-0.2, -0.15) is 15.2 Å². The number of nitrogens with zero attached hydrogens (tertiary/aromatic N) is 3. The molecule has 19 heavy (non-hydrogen) atoms. The lowest BCUT2D eigenvalue weighted by atomic mass is 10.5. The molecule has 1 aromatic heterocycles. The minimum atomic E-state index is -0.995. The number of amides is 2. The van der Waals surface area contributed by atoms with Gasteiger partial charge in [-0.1, -0.05) is 0 Å². The van der Waals surface area contributed by atoms with Gasteiger partial charge in [0, 0.05) is 0 Å². The molecule has 0 radical (unpaired) electrons. The summed E-state index contributed by atoms with van der Waals surface area (Å²) >= 11 is 0. The van der Waals surface area contributed by atoms with Crippen molar-refractivity contribution >= 4 is 17.8 Å². The summed E-state index contributed by atoms with van der Waals surface area (Å²) in [6, 6.07) is 3.08. The Bertz CT molecular complexity index is 503. The van der Waals surface area contributed by atoms with Gasteiger partial charge in [-0.05, 0) is 0 Å². The van der Waals surface area contributed by atoms with E-state index < -0.39 is 11.8 Å². The van der Waals surface area contributed by atoms with Crippen LogP contribution in [0, 0.1) is 11.3 Å². The number of anilines is 1. The standard InChI is InChI=1S/C10H11N5O4/c1-18-6-5-7(19-2)14-10(13-6)15-9(17)8(16)12-4-3-11/h5H,4H2,1-2H3,(H,12,16)(H,13,14,15,17). The van der Waals surface area contributed by atoms with Crippen LogP contribution in [0.5, 0.6) is 11.8 Å². The zero-order valence-electron chi connectivity index (χ0n) is 10.3. The average Bonchev–Trinajstić information content (AvgIpc) is 2.43. The van der Waals surface area contributed by atoms with Crippen molar-refractivity contribution in [1.29, 1.82) is 5.26 Å². The van der Waals surface area contributed by atoms with E-state index in [1.807, 2.05) is 0 Å². The maximum Gasteiger partial charge on any atom is 0.316 e. The summed E-state index contributed by atoms with van der Waals surface area (Å²) in [7, 11) is 2.76. The highest BCUT2D eigenvalue weighted by Gasteiger charge is 2.15. The number of ether oxygens (including phenoxy) is 2. The van der Waals surface area contributed by atoms with Crippen LogP contribution < -0.4 is 20.1 Å². The minimum Gasteiger partial charge on any atom is -0.481 e. The van der Waals surface area contributed by atoms with Crippen molar-refractivity contribution in [3.05, 3.63) is 6.07 Å². The largest absolute Gasteiger partial charge is 0.481 e. The second kappa shape index (κ2) is 6.75. The van der Waals surface area contributed by atoms with E-state index in [4.69, 9.17) is 14.7 Å². The molecule has 1 aromatic rings. The summed E-state index contributed by atoms with van der Waals surface area (Å²) in [5.41, 5.74) is 0. The van der Waals surface area contributed by atoms with Gasteiger partial charge in [0.25, 0.3) is 0 Å². The molecule has 0 aliphatic rings. The van der Waals surface area contributed by atoms with Crippen molar-refractivity contribution in [3.8, 4) is 17.8 Å². The number of carbonyl (C=O) groups excluding carboxylic acids is 2. The van der Waals surface area contributed by atoms with Crippen LogP contribution in [-0.2, 0) is 9.59 Å². The van der Waals surface area contributed by atoms with E-state index in [1.165, 1.54) is 20.3 Å². The molecule has 9 heteroatoms. The van der Waals surface area contributed by atoms with E-state index in [-0.39, 0.29) is 24.3 Å². The fraction of sp³-hybridized carbons (Fsp3) is 0.300. The first-order chi connectivity index (χ1) is 9.10. The van der Waals surface area contributed by atoms with E-state index in [0.717, 1.165) is 0 Å². The van der Waals surface area contributed by atoms with Crippen molar-refractivity contribution in [2.45, 2.75) is 0 Å². The molecular weight excluding hydrogens is 254 g/mol. The SMILES string of the molecule is COc1cc(OC)nc(NC(=O)C(=O)NCC#N)n1. The third kappa shape index (κ3) is 4.12. The number of nitriles is 1. The quantitative estimate of drug-likeness (QED) is 0.532. The van der Waals surface area contributed by atoms with Gasteiger partial charge < -0.3 is 14.8 Å². The second-order valence-electron chi connectivity index (χ2n) is 3.07. The van der Waals surface area contributed by atoms with Crippen LogP contribution in [0.15, 0.2) is 6.07 Å². The van der Waals surface area contributed by atoms with Crippen molar-refractivity contribution < 1.29 is 19.1 Å². The van der Waals surface area contributed by atoms with E-state index in [0.29, 0.717) is 0 Å². The number of carbonyl (C=O) groups is 2. The predicted molar refractivity (Wildman–Crippen MR) is 62.4 cm³/mol. The molecule has 0 aliphatic heterocycles. The van der Waals surface area contributed by atoms with Crippen molar-refractivity contribution in [2.75, 3.05) is 26.1 Å². The predicted octanol–water partition coefficient (Wildman–Crippen LogP) is -0.928. The summed E-state index contributed by atoms with van der Waals surface area (Å²) in [6.07, 6.45) is 0. The smallest absolute Gasteiger partial charge is 0.316 e. The number of rotatable bonds is 4. The first-order valence-electron chi connectivity index (χ1n) is 5.04. The lowest BCUT2D eigenvalue weighted by Gasteiger charge is -2.07. The molecule has 0 fully saturated rings. The summed E-state index contributed by atoms with van der Waals surface area (Å²) in [5.74, 6) is -1.77. The van der Waals surface area contributed by atoms with Crippen LogP contribution in [0.1, 0.15) is 0 Å². The summed E-state index contributed by atoms with van der Waals surface area (Å²) in [6.45, 7) is -0.269. The third-order valence-electron chi connectivity index (χ3n) is 1.86. The van der Waals surface area contributed by atoms with Crippen LogP contribution in [0.3, 0.4) is 0 Å². The topological polar surface area (TPSA) is 126 Å². The Morgan fingerprint density at radius 1 is 1.26 bits per heavy atom. The number of hydrogen-bond donors (Lipinski definition) is 2. The second-order valence-corrected chi connectivity index (χ2v) is 3.07. The highest BCUT2D eigenvalue weighted by atomic mass is 16.5. The molecule has 0 bridgehead atoms. The lowest BCUT2D eigenvalue weighted by molar-refractivity contribution is -0.136.